The monoisotopic (exact) mass is 206 g/mol. The predicted octanol–water partition coefficient (Wildman–Crippen LogP) is 3.18. The van der Waals surface area contributed by atoms with Crippen LogP contribution in [0.15, 0.2) is 30.4 Å². The van der Waals surface area contributed by atoms with Crippen molar-refractivity contribution >= 4 is 22.9 Å². The summed E-state index contributed by atoms with van der Waals surface area (Å²) < 4.78 is 0. The van der Waals surface area contributed by atoms with Crippen LogP contribution in [-0.4, -0.2) is 11.1 Å². The van der Waals surface area contributed by atoms with E-state index in [1.165, 1.54) is 11.3 Å². The first kappa shape index (κ1) is 9.21. The quantitative estimate of drug-likeness (QED) is 0.806. The van der Waals surface area contributed by atoms with E-state index in [0.29, 0.717) is 4.88 Å². The van der Waals surface area contributed by atoms with Crippen LogP contribution in [0.3, 0.4) is 0 Å². The van der Waals surface area contributed by atoms with Crippen molar-refractivity contribution in [1.82, 2.24) is 0 Å². The predicted molar refractivity (Wildman–Crippen MR) is 57.6 cm³/mol. The molecule has 0 unspecified atom stereocenters. The molecular weight excluding hydrogens is 196 g/mol. The van der Waals surface area contributed by atoms with Gasteiger partial charge in [0.2, 0.25) is 0 Å². The molecule has 14 heavy (non-hydrogen) atoms. The van der Waals surface area contributed by atoms with Crippen molar-refractivity contribution in [2.45, 2.75) is 12.8 Å². The lowest BCUT2D eigenvalue weighted by Gasteiger charge is -2.02. The highest BCUT2D eigenvalue weighted by Crippen LogP contribution is 2.27. The van der Waals surface area contributed by atoms with Crippen molar-refractivity contribution < 1.29 is 9.90 Å². The summed E-state index contributed by atoms with van der Waals surface area (Å²) in [5, 5.41) is 8.77. The van der Waals surface area contributed by atoms with E-state index in [4.69, 9.17) is 5.11 Å². The number of aromatic carboxylic acids is 1. The zero-order chi connectivity index (χ0) is 9.97. The van der Waals surface area contributed by atoms with E-state index in [1.807, 2.05) is 6.07 Å². The fourth-order valence-corrected chi connectivity index (χ4v) is 2.27. The maximum absolute atomic E-state index is 10.7. The highest BCUT2D eigenvalue weighted by molar-refractivity contribution is 7.15. The van der Waals surface area contributed by atoms with E-state index in [-0.39, 0.29) is 0 Å². The van der Waals surface area contributed by atoms with Crippen molar-refractivity contribution in [1.29, 1.82) is 0 Å². The van der Waals surface area contributed by atoms with E-state index >= 15 is 0 Å². The van der Waals surface area contributed by atoms with Crippen LogP contribution in [0, 0.1) is 0 Å². The molecule has 3 heteroatoms. The lowest BCUT2D eigenvalue weighted by molar-refractivity contribution is 0.0702. The molecule has 1 aliphatic carbocycles. The van der Waals surface area contributed by atoms with E-state index in [1.54, 1.807) is 6.07 Å². The minimum atomic E-state index is -0.846. The lowest BCUT2D eigenvalue weighted by Crippen LogP contribution is -1.89. The Morgan fingerprint density at radius 1 is 1.36 bits per heavy atom. The normalized spacial score (nSPS) is 15.3. The van der Waals surface area contributed by atoms with Gasteiger partial charge in [-0.15, -0.1) is 11.3 Å². The first-order valence-corrected chi connectivity index (χ1v) is 5.29. The molecule has 0 aromatic carbocycles. The number of hydrogen-bond acceptors (Lipinski definition) is 2. The van der Waals surface area contributed by atoms with Crippen molar-refractivity contribution in [3.8, 4) is 0 Å². The fourth-order valence-electron chi connectivity index (χ4n) is 1.40. The van der Waals surface area contributed by atoms with Crippen LogP contribution >= 0.6 is 11.3 Å². The average Bonchev–Trinajstić information content (AvgIpc) is 2.68. The van der Waals surface area contributed by atoms with E-state index < -0.39 is 5.97 Å². The molecule has 1 aromatic heterocycles. The minimum absolute atomic E-state index is 0.403. The minimum Gasteiger partial charge on any atom is -0.477 e. The molecule has 1 N–H and O–H groups in total. The van der Waals surface area contributed by atoms with Gasteiger partial charge in [0.1, 0.15) is 4.88 Å². The third kappa shape index (κ3) is 1.77. The Labute approximate surface area is 86.2 Å². The molecule has 1 heterocycles. The van der Waals surface area contributed by atoms with Gasteiger partial charge in [-0.25, -0.2) is 4.79 Å². The Hall–Kier alpha value is -1.35. The summed E-state index contributed by atoms with van der Waals surface area (Å²) in [6, 6.07) is 3.53. The second kappa shape index (κ2) is 3.80. The topological polar surface area (TPSA) is 37.3 Å². The van der Waals surface area contributed by atoms with Crippen LogP contribution in [0.5, 0.6) is 0 Å². The number of carboxylic acids is 1. The first-order valence-electron chi connectivity index (χ1n) is 4.47. The molecule has 0 spiro atoms. The third-order valence-corrected chi connectivity index (χ3v) is 3.22. The van der Waals surface area contributed by atoms with E-state index in [0.717, 1.165) is 23.3 Å². The van der Waals surface area contributed by atoms with Gasteiger partial charge in [-0.05, 0) is 30.5 Å². The summed E-state index contributed by atoms with van der Waals surface area (Å²) in [7, 11) is 0. The van der Waals surface area contributed by atoms with Crippen LogP contribution in [-0.2, 0) is 0 Å². The third-order valence-electron chi connectivity index (χ3n) is 2.10. The van der Waals surface area contributed by atoms with Crippen LogP contribution in [0.1, 0.15) is 27.4 Å². The number of thiophene rings is 1. The molecule has 0 atom stereocenters. The Balaban J connectivity index is 2.28. The molecule has 0 aliphatic heterocycles. The molecule has 2 nitrogen and oxygen atoms in total. The van der Waals surface area contributed by atoms with Gasteiger partial charge in [-0.1, -0.05) is 18.2 Å². The number of allylic oxidation sites excluding steroid dienone is 4. The van der Waals surface area contributed by atoms with E-state index in [2.05, 4.69) is 18.2 Å². The van der Waals surface area contributed by atoms with Gasteiger partial charge in [0.05, 0.1) is 0 Å². The Morgan fingerprint density at radius 3 is 2.79 bits per heavy atom. The van der Waals surface area contributed by atoms with Crippen LogP contribution in [0.4, 0.5) is 0 Å². The molecule has 0 saturated heterocycles. The van der Waals surface area contributed by atoms with Gasteiger partial charge in [0.15, 0.2) is 0 Å². The van der Waals surface area contributed by atoms with Crippen molar-refractivity contribution in [3.05, 3.63) is 40.1 Å². The van der Waals surface area contributed by atoms with Crippen molar-refractivity contribution in [2.24, 2.45) is 0 Å². The smallest absolute Gasteiger partial charge is 0.345 e. The first-order chi connectivity index (χ1) is 6.77. The molecule has 72 valence electrons. The number of hydrogen-bond donors (Lipinski definition) is 1. The van der Waals surface area contributed by atoms with Crippen LogP contribution in [0.2, 0.25) is 0 Å². The van der Waals surface area contributed by atoms with Gasteiger partial charge < -0.3 is 5.11 Å². The Bertz CT molecular complexity index is 413. The van der Waals surface area contributed by atoms with Gasteiger partial charge >= 0.3 is 5.97 Å². The van der Waals surface area contributed by atoms with Gasteiger partial charge in [-0.3, -0.25) is 0 Å². The average molecular weight is 206 g/mol. The molecule has 0 radical (unpaired) electrons. The molecule has 0 bridgehead atoms. The summed E-state index contributed by atoms with van der Waals surface area (Å²) in [5.74, 6) is -0.846. The molecule has 1 aromatic rings. The summed E-state index contributed by atoms with van der Waals surface area (Å²) in [4.78, 5) is 12.1. The van der Waals surface area contributed by atoms with Crippen molar-refractivity contribution in [3.63, 3.8) is 0 Å². The molecule has 0 fully saturated rings. The van der Waals surface area contributed by atoms with Gasteiger partial charge in [0, 0.05) is 4.88 Å². The molecule has 2 rings (SSSR count). The van der Waals surface area contributed by atoms with Crippen LogP contribution in [0.25, 0.3) is 5.57 Å². The second-order valence-electron chi connectivity index (χ2n) is 3.11. The zero-order valence-electron chi connectivity index (χ0n) is 7.56. The second-order valence-corrected chi connectivity index (χ2v) is 4.19. The standard InChI is InChI=1S/C11H10O2S/c12-11(13)10-7-6-9(14-10)8-4-2-1-3-5-8/h2,4-7H,1,3H2,(H,12,13). The molecule has 1 aliphatic rings. The van der Waals surface area contributed by atoms with Gasteiger partial charge in [-0.2, -0.15) is 0 Å². The maximum atomic E-state index is 10.7. The van der Waals surface area contributed by atoms with Gasteiger partial charge in [0.25, 0.3) is 0 Å². The number of carbonyl (C=O) groups is 1. The Morgan fingerprint density at radius 2 is 2.21 bits per heavy atom. The number of carboxylic acid groups (broad SMARTS) is 1. The lowest BCUT2D eigenvalue weighted by atomic mass is 10.1. The van der Waals surface area contributed by atoms with E-state index in [9.17, 15) is 4.79 Å². The molecule has 0 saturated carbocycles. The SMILES string of the molecule is O=C(O)c1ccc(C2=CCCC=C2)s1. The largest absolute Gasteiger partial charge is 0.477 e. The zero-order valence-corrected chi connectivity index (χ0v) is 8.38. The summed E-state index contributed by atoms with van der Waals surface area (Å²) >= 11 is 1.33. The summed E-state index contributed by atoms with van der Waals surface area (Å²) in [5.41, 5.74) is 1.15. The fraction of sp³-hybridized carbons (Fsp3) is 0.182. The molecular formula is C11H10O2S. The highest BCUT2D eigenvalue weighted by Gasteiger charge is 2.09. The Kier molecular flexibility index (Phi) is 2.50. The highest BCUT2D eigenvalue weighted by atomic mass is 32.1. The number of rotatable bonds is 2. The van der Waals surface area contributed by atoms with Crippen LogP contribution < -0.4 is 0 Å². The maximum Gasteiger partial charge on any atom is 0.345 e. The molecule has 0 amide bonds. The summed E-state index contributed by atoms with van der Waals surface area (Å²) in [6.07, 6.45) is 8.46. The van der Waals surface area contributed by atoms with Crippen molar-refractivity contribution in [2.75, 3.05) is 0 Å². The summed E-state index contributed by atoms with van der Waals surface area (Å²) in [6.45, 7) is 0.